The molecule has 2 aromatic heterocycles. The molecule has 0 saturated carbocycles. The molecular formula is C19H22N4O3. The van der Waals surface area contributed by atoms with Crippen molar-refractivity contribution in [2.75, 3.05) is 19.5 Å². The lowest BCUT2D eigenvalue weighted by molar-refractivity contribution is 0.355. The summed E-state index contributed by atoms with van der Waals surface area (Å²) in [6.07, 6.45) is 5.07. The van der Waals surface area contributed by atoms with Gasteiger partial charge in [0.2, 0.25) is 0 Å². The Bertz CT molecular complexity index is 929. The predicted molar refractivity (Wildman–Crippen MR) is 98.2 cm³/mol. The monoisotopic (exact) mass is 354 g/mol. The van der Waals surface area contributed by atoms with Gasteiger partial charge >= 0.3 is 0 Å². The van der Waals surface area contributed by atoms with Gasteiger partial charge in [0.05, 0.1) is 25.6 Å². The van der Waals surface area contributed by atoms with E-state index in [2.05, 4.69) is 14.9 Å². The largest absolute Gasteiger partial charge is 0.493 e. The van der Waals surface area contributed by atoms with Crippen molar-refractivity contribution < 1.29 is 13.9 Å². The first-order valence-electron chi connectivity index (χ1n) is 8.70. The van der Waals surface area contributed by atoms with E-state index in [1.807, 2.05) is 25.1 Å². The summed E-state index contributed by atoms with van der Waals surface area (Å²) in [5.74, 6) is 2.46. The van der Waals surface area contributed by atoms with E-state index in [9.17, 15) is 0 Å². The summed E-state index contributed by atoms with van der Waals surface area (Å²) < 4.78 is 18.5. The maximum Gasteiger partial charge on any atom is 0.299 e. The van der Waals surface area contributed by atoms with Crippen LogP contribution in [0.1, 0.15) is 24.4 Å². The van der Waals surface area contributed by atoms with Crippen molar-refractivity contribution in [3.8, 4) is 22.9 Å². The number of imidazole rings is 1. The maximum atomic E-state index is 5.63. The fourth-order valence-electron chi connectivity index (χ4n) is 3.42. The van der Waals surface area contributed by atoms with Crippen LogP contribution in [0.2, 0.25) is 0 Å². The van der Waals surface area contributed by atoms with Gasteiger partial charge in [-0.3, -0.25) is 0 Å². The molecule has 0 atom stereocenters. The third-order valence-corrected chi connectivity index (χ3v) is 4.63. The van der Waals surface area contributed by atoms with Crippen molar-refractivity contribution in [2.45, 2.75) is 32.7 Å². The van der Waals surface area contributed by atoms with Crippen molar-refractivity contribution >= 4 is 11.7 Å². The highest BCUT2D eigenvalue weighted by molar-refractivity contribution is 5.63. The first kappa shape index (κ1) is 16.5. The molecule has 0 saturated heterocycles. The summed E-state index contributed by atoms with van der Waals surface area (Å²) in [6.45, 7) is 3.01. The van der Waals surface area contributed by atoms with Crippen molar-refractivity contribution in [2.24, 2.45) is 0 Å². The minimum Gasteiger partial charge on any atom is -0.493 e. The van der Waals surface area contributed by atoms with Gasteiger partial charge in [0.1, 0.15) is 17.8 Å². The Morgan fingerprint density at radius 2 is 1.96 bits per heavy atom. The number of nitrogens with zero attached hydrogens (tertiary/aromatic N) is 3. The number of fused-ring (bicyclic) bond motifs is 1. The van der Waals surface area contributed by atoms with E-state index in [4.69, 9.17) is 18.9 Å². The number of benzene rings is 1. The number of methoxy groups -OCH3 is 2. The van der Waals surface area contributed by atoms with Crippen molar-refractivity contribution in [1.82, 2.24) is 14.5 Å². The zero-order valence-electron chi connectivity index (χ0n) is 15.2. The number of hydrogen-bond acceptors (Lipinski definition) is 6. The predicted octanol–water partition coefficient (Wildman–Crippen LogP) is 3.94. The molecule has 26 heavy (non-hydrogen) atoms. The average molecular weight is 354 g/mol. The summed E-state index contributed by atoms with van der Waals surface area (Å²) in [7, 11) is 3.22. The van der Waals surface area contributed by atoms with Crippen LogP contribution in [0.3, 0.4) is 0 Å². The molecule has 136 valence electrons. The summed E-state index contributed by atoms with van der Waals surface area (Å²) in [4.78, 5) is 9.30. The lowest BCUT2D eigenvalue weighted by atomic mass is 10.1. The summed E-state index contributed by atoms with van der Waals surface area (Å²) in [6, 6.07) is 5.99. The Kier molecular flexibility index (Phi) is 4.28. The molecule has 0 aliphatic carbocycles. The topological polar surface area (TPSA) is 74.3 Å². The van der Waals surface area contributed by atoms with Gasteiger partial charge in [-0.2, -0.15) is 4.98 Å². The van der Waals surface area contributed by atoms with Crippen LogP contribution in [-0.4, -0.2) is 28.8 Å². The molecule has 0 amide bonds. The van der Waals surface area contributed by atoms with Gasteiger partial charge in [0, 0.05) is 24.7 Å². The third kappa shape index (κ3) is 2.89. The van der Waals surface area contributed by atoms with E-state index >= 15 is 0 Å². The second-order valence-corrected chi connectivity index (χ2v) is 6.30. The second kappa shape index (κ2) is 6.74. The molecule has 7 nitrogen and oxygen atoms in total. The zero-order chi connectivity index (χ0) is 18.1. The number of oxazole rings is 1. The molecule has 1 aromatic carbocycles. The number of aromatic nitrogens is 3. The minimum absolute atomic E-state index is 0.429. The average Bonchev–Trinajstić information content (AvgIpc) is 3.24. The van der Waals surface area contributed by atoms with Crippen LogP contribution in [0.15, 0.2) is 28.9 Å². The van der Waals surface area contributed by atoms with Crippen molar-refractivity contribution in [1.29, 1.82) is 0 Å². The Morgan fingerprint density at radius 1 is 1.12 bits per heavy atom. The van der Waals surface area contributed by atoms with E-state index in [0.29, 0.717) is 17.5 Å². The number of anilines is 2. The lowest BCUT2D eigenvalue weighted by Crippen LogP contribution is -2.11. The zero-order valence-corrected chi connectivity index (χ0v) is 15.2. The smallest absolute Gasteiger partial charge is 0.299 e. The normalized spacial score (nSPS) is 13.3. The number of nitrogens with one attached hydrogen (secondary N) is 1. The van der Waals surface area contributed by atoms with E-state index in [1.165, 1.54) is 12.8 Å². The van der Waals surface area contributed by atoms with E-state index < -0.39 is 0 Å². The van der Waals surface area contributed by atoms with Gasteiger partial charge in [-0.25, -0.2) is 4.98 Å². The number of rotatable bonds is 5. The van der Waals surface area contributed by atoms with Gasteiger partial charge < -0.3 is 23.8 Å². The van der Waals surface area contributed by atoms with Crippen LogP contribution >= 0.6 is 0 Å². The molecule has 3 heterocycles. The van der Waals surface area contributed by atoms with Crippen LogP contribution in [0.25, 0.3) is 11.4 Å². The summed E-state index contributed by atoms with van der Waals surface area (Å²) >= 11 is 0. The van der Waals surface area contributed by atoms with Crippen LogP contribution in [0, 0.1) is 6.92 Å². The first-order chi connectivity index (χ1) is 12.7. The molecule has 0 bridgehead atoms. The van der Waals surface area contributed by atoms with Gasteiger partial charge in [-0.1, -0.05) is 0 Å². The lowest BCUT2D eigenvalue weighted by Gasteiger charge is -2.15. The van der Waals surface area contributed by atoms with Crippen molar-refractivity contribution in [3.63, 3.8) is 0 Å². The van der Waals surface area contributed by atoms with E-state index in [1.54, 1.807) is 20.5 Å². The van der Waals surface area contributed by atoms with Gasteiger partial charge in [-0.05, 0) is 31.9 Å². The van der Waals surface area contributed by atoms with Gasteiger partial charge in [0.25, 0.3) is 6.01 Å². The quantitative estimate of drug-likeness (QED) is 0.748. The molecule has 1 aliphatic heterocycles. The van der Waals surface area contributed by atoms with Gasteiger partial charge in [0.15, 0.2) is 11.5 Å². The van der Waals surface area contributed by atoms with Crippen LogP contribution in [-0.2, 0) is 13.0 Å². The Balaban J connectivity index is 1.60. The van der Waals surface area contributed by atoms with Crippen LogP contribution in [0.5, 0.6) is 11.5 Å². The molecule has 0 unspecified atom stereocenters. The molecular weight excluding hydrogens is 332 g/mol. The third-order valence-electron chi connectivity index (χ3n) is 4.63. The molecule has 3 aromatic rings. The van der Waals surface area contributed by atoms with Crippen LogP contribution in [0.4, 0.5) is 11.7 Å². The molecule has 1 aliphatic rings. The Morgan fingerprint density at radius 3 is 2.77 bits per heavy atom. The molecule has 0 fully saturated rings. The number of aryl methyl sites for hydroxylation is 2. The fourth-order valence-corrected chi connectivity index (χ4v) is 3.42. The molecule has 4 rings (SSSR count). The number of ether oxygens (including phenoxy) is 2. The van der Waals surface area contributed by atoms with E-state index in [-0.39, 0.29) is 0 Å². The molecule has 1 N–H and O–H groups in total. The highest BCUT2D eigenvalue weighted by atomic mass is 16.5. The van der Waals surface area contributed by atoms with Crippen molar-refractivity contribution in [3.05, 3.63) is 36.0 Å². The van der Waals surface area contributed by atoms with Crippen LogP contribution < -0.4 is 14.8 Å². The standard InChI is InChI=1S/C19H22N4O3/c1-12-18(23-9-5-4-6-17(23)20-12)14-11-26-19(22-14)21-13-7-8-15(24-2)16(10-13)25-3/h7-8,10-11H,4-6,9H2,1-3H3,(H,21,22). The Labute approximate surface area is 152 Å². The highest BCUT2D eigenvalue weighted by Gasteiger charge is 2.21. The first-order valence-corrected chi connectivity index (χ1v) is 8.70. The summed E-state index contributed by atoms with van der Waals surface area (Å²) in [5, 5.41) is 3.17. The molecule has 0 radical (unpaired) electrons. The summed E-state index contributed by atoms with van der Waals surface area (Å²) in [5.41, 5.74) is 3.64. The maximum absolute atomic E-state index is 5.63. The van der Waals surface area contributed by atoms with E-state index in [0.717, 1.165) is 41.6 Å². The fraction of sp³-hybridized carbons (Fsp3) is 0.368. The molecule has 7 heteroatoms. The number of hydrogen-bond donors (Lipinski definition) is 1. The molecule has 0 spiro atoms. The minimum atomic E-state index is 0.429. The Hall–Kier alpha value is -2.96. The van der Waals surface area contributed by atoms with Gasteiger partial charge in [-0.15, -0.1) is 0 Å². The highest BCUT2D eigenvalue weighted by Crippen LogP contribution is 2.32. The SMILES string of the molecule is COc1ccc(Nc2nc(-c3c(C)nc4n3CCCC4)co2)cc1OC. The second-order valence-electron chi connectivity index (χ2n) is 6.30.